The van der Waals surface area contributed by atoms with Crippen molar-refractivity contribution in [2.45, 2.75) is 63.0 Å². The van der Waals surface area contributed by atoms with Gasteiger partial charge in [0.05, 0.1) is 12.6 Å². The van der Waals surface area contributed by atoms with Gasteiger partial charge in [-0.15, -0.1) is 11.3 Å². The molecule has 0 bridgehead atoms. The first kappa shape index (κ1) is 31.5. The Morgan fingerprint density at radius 3 is 2.32 bits per heavy atom. The third-order valence-corrected chi connectivity index (χ3v) is 6.08. The predicted molar refractivity (Wildman–Crippen MR) is 119 cm³/mol. The Labute approximate surface area is 216 Å². The summed E-state index contributed by atoms with van der Waals surface area (Å²) >= 11 is 1.73. The Morgan fingerprint density at radius 1 is 1.13 bits per heavy atom. The number of nitrogens with zero attached hydrogens (tertiary/aromatic N) is 4. The van der Waals surface area contributed by atoms with E-state index >= 15 is 0 Å². The van der Waals surface area contributed by atoms with E-state index in [2.05, 4.69) is 15.0 Å². The second-order valence-electron chi connectivity index (χ2n) is 8.04. The van der Waals surface area contributed by atoms with Crippen LogP contribution in [-0.4, -0.2) is 92.2 Å². The van der Waals surface area contributed by atoms with Gasteiger partial charge in [-0.2, -0.15) is 31.4 Å². The highest BCUT2D eigenvalue weighted by Crippen LogP contribution is 2.32. The highest BCUT2D eigenvalue weighted by molar-refractivity contribution is 7.09. The lowest BCUT2D eigenvalue weighted by molar-refractivity contribution is -0.193. The predicted octanol–water partition coefficient (Wildman–Crippen LogP) is 3.44. The average Bonchev–Trinajstić information content (AvgIpc) is 3.60. The van der Waals surface area contributed by atoms with E-state index in [9.17, 15) is 26.3 Å². The standard InChI is InChI=1S/C17H24N4O2S.2C2HF3O2/c1-4-14-17(23-9-1)15(12-20(14)13-16-18-6-11-24-16)22-10-3-8-21-7-2-5-19-21;2*3-2(4,5)1(6)7/h2,5-7,11,14-15,17H,1,3-4,8-10,12-13H2;2*(H,6,7)/t14-,15+,17+;;/m1../s1. The second-order valence-corrected chi connectivity index (χ2v) is 9.02. The highest BCUT2D eigenvalue weighted by Gasteiger charge is 2.44. The minimum Gasteiger partial charge on any atom is -0.475 e. The van der Waals surface area contributed by atoms with Gasteiger partial charge in [0, 0.05) is 56.3 Å². The van der Waals surface area contributed by atoms with Crippen molar-refractivity contribution >= 4 is 23.3 Å². The summed E-state index contributed by atoms with van der Waals surface area (Å²) in [4.78, 5) is 24.7. The number of likely N-dealkylation sites (tertiary alicyclic amines) is 1. The van der Waals surface area contributed by atoms with Gasteiger partial charge < -0.3 is 19.7 Å². The maximum absolute atomic E-state index is 10.6. The molecule has 10 nitrogen and oxygen atoms in total. The van der Waals surface area contributed by atoms with Crippen LogP contribution in [0.2, 0.25) is 0 Å². The molecule has 0 aliphatic carbocycles. The van der Waals surface area contributed by atoms with E-state index in [1.807, 2.05) is 34.7 Å². The number of aliphatic carboxylic acids is 2. The van der Waals surface area contributed by atoms with Gasteiger partial charge in [-0.05, 0) is 25.3 Å². The van der Waals surface area contributed by atoms with Gasteiger partial charge in [0.1, 0.15) is 11.1 Å². The van der Waals surface area contributed by atoms with Crippen LogP contribution in [0.3, 0.4) is 0 Å². The van der Waals surface area contributed by atoms with Crippen molar-refractivity contribution in [3.63, 3.8) is 0 Å². The molecule has 38 heavy (non-hydrogen) atoms. The molecular weight excluding hydrogens is 550 g/mol. The number of aromatic nitrogens is 3. The fraction of sp³-hybridized carbons (Fsp3) is 0.619. The lowest BCUT2D eigenvalue weighted by atomic mass is 10.0. The molecule has 2 N–H and O–H groups in total. The Kier molecular flexibility index (Phi) is 11.9. The van der Waals surface area contributed by atoms with Crippen LogP contribution < -0.4 is 0 Å². The van der Waals surface area contributed by atoms with Gasteiger partial charge in [0.15, 0.2) is 0 Å². The molecule has 0 spiro atoms. The summed E-state index contributed by atoms with van der Waals surface area (Å²) in [5.74, 6) is -5.51. The number of rotatable bonds is 7. The number of alkyl halides is 6. The van der Waals surface area contributed by atoms with Crippen molar-refractivity contribution in [3.05, 3.63) is 35.0 Å². The molecule has 214 valence electrons. The minimum atomic E-state index is -5.08. The first-order valence-corrected chi connectivity index (χ1v) is 12.1. The van der Waals surface area contributed by atoms with Gasteiger partial charge in [0.2, 0.25) is 0 Å². The Bertz CT molecular complexity index is 950. The first-order valence-electron chi connectivity index (χ1n) is 11.2. The Morgan fingerprint density at radius 2 is 1.79 bits per heavy atom. The molecule has 2 aromatic rings. The van der Waals surface area contributed by atoms with E-state index < -0.39 is 24.3 Å². The van der Waals surface area contributed by atoms with Gasteiger partial charge in [-0.3, -0.25) is 9.58 Å². The lowest BCUT2D eigenvalue weighted by Gasteiger charge is -2.32. The van der Waals surface area contributed by atoms with Crippen LogP contribution in [0.25, 0.3) is 0 Å². The van der Waals surface area contributed by atoms with Gasteiger partial charge >= 0.3 is 24.3 Å². The SMILES string of the molecule is O=C(O)C(F)(F)F.O=C(O)C(F)(F)F.c1cnn(CCCO[C@H]2CN(Cc3nccs3)[C@@H]3CCCO[C@H]23)c1. The van der Waals surface area contributed by atoms with Crippen molar-refractivity contribution in [1.29, 1.82) is 0 Å². The van der Waals surface area contributed by atoms with Crippen LogP contribution in [0.1, 0.15) is 24.3 Å². The summed E-state index contributed by atoms with van der Waals surface area (Å²) in [6.45, 7) is 4.37. The average molecular weight is 577 g/mol. The van der Waals surface area contributed by atoms with Crippen molar-refractivity contribution in [1.82, 2.24) is 19.7 Å². The highest BCUT2D eigenvalue weighted by atomic mass is 32.1. The Hall–Kier alpha value is -2.76. The maximum Gasteiger partial charge on any atom is 0.490 e. The normalized spacial score (nSPS) is 21.5. The van der Waals surface area contributed by atoms with Crippen molar-refractivity contribution in [2.24, 2.45) is 0 Å². The molecule has 3 atom stereocenters. The molecule has 2 aromatic heterocycles. The zero-order valence-electron chi connectivity index (χ0n) is 19.8. The quantitative estimate of drug-likeness (QED) is 0.377. The fourth-order valence-electron chi connectivity index (χ4n) is 3.73. The molecule has 0 amide bonds. The van der Waals surface area contributed by atoms with Crippen LogP contribution in [0.4, 0.5) is 26.3 Å². The number of halogens is 6. The number of hydrogen-bond donors (Lipinski definition) is 2. The van der Waals surface area contributed by atoms with E-state index in [0.29, 0.717) is 6.04 Å². The van der Waals surface area contributed by atoms with Gasteiger partial charge in [0.25, 0.3) is 0 Å². The van der Waals surface area contributed by atoms with E-state index in [0.717, 1.165) is 45.7 Å². The summed E-state index contributed by atoms with van der Waals surface area (Å²) in [7, 11) is 0. The van der Waals surface area contributed by atoms with E-state index in [-0.39, 0.29) is 12.2 Å². The van der Waals surface area contributed by atoms with Crippen LogP contribution in [0.15, 0.2) is 30.0 Å². The molecule has 0 aromatic carbocycles. The summed E-state index contributed by atoms with van der Waals surface area (Å²) < 4.78 is 77.7. The molecule has 4 heterocycles. The molecule has 2 aliphatic rings. The number of carboxylic acids is 2. The monoisotopic (exact) mass is 576 g/mol. The molecule has 2 saturated heterocycles. The molecule has 0 radical (unpaired) electrons. The van der Waals surface area contributed by atoms with Crippen LogP contribution in [0, 0.1) is 0 Å². The number of carboxylic acid groups (broad SMARTS) is 2. The van der Waals surface area contributed by atoms with E-state index in [1.54, 1.807) is 11.3 Å². The van der Waals surface area contributed by atoms with Crippen molar-refractivity contribution in [3.8, 4) is 0 Å². The molecular formula is C21H26F6N4O6S. The molecule has 17 heteroatoms. The third-order valence-electron chi connectivity index (χ3n) is 5.31. The number of carbonyl (C=O) groups is 2. The molecule has 2 fully saturated rings. The third kappa shape index (κ3) is 10.5. The number of aryl methyl sites for hydroxylation is 1. The largest absolute Gasteiger partial charge is 0.490 e. The Balaban J connectivity index is 0.000000301. The van der Waals surface area contributed by atoms with E-state index in [4.69, 9.17) is 29.3 Å². The smallest absolute Gasteiger partial charge is 0.475 e. The molecule has 0 unspecified atom stereocenters. The molecule has 4 rings (SSSR count). The second kappa shape index (κ2) is 14.4. The van der Waals surface area contributed by atoms with Crippen LogP contribution in [0.5, 0.6) is 0 Å². The number of ether oxygens (including phenoxy) is 2. The fourth-order valence-corrected chi connectivity index (χ4v) is 4.37. The molecule has 0 saturated carbocycles. The summed E-state index contributed by atoms with van der Waals surface area (Å²) in [5.41, 5.74) is 0. The number of fused-ring (bicyclic) bond motifs is 1. The number of hydrogen-bond acceptors (Lipinski definition) is 8. The van der Waals surface area contributed by atoms with Gasteiger partial charge in [-0.1, -0.05) is 0 Å². The van der Waals surface area contributed by atoms with E-state index in [1.165, 1.54) is 11.4 Å². The zero-order chi connectivity index (χ0) is 28.3. The van der Waals surface area contributed by atoms with Crippen LogP contribution >= 0.6 is 11.3 Å². The summed E-state index contributed by atoms with van der Waals surface area (Å²) in [6, 6.07) is 2.42. The molecule has 2 aliphatic heterocycles. The minimum absolute atomic E-state index is 0.174. The maximum atomic E-state index is 10.6. The van der Waals surface area contributed by atoms with Crippen molar-refractivity contribution < 1.29 is 55.6 Å². The van der Waals surface area contributed by atoms with Crippen LogP contribution in [-0.2, 0) is 32.2 Å². The number of thiazole rings is 1. The topological polar surface area (TPSA) is 127 Å². The lowest BCUT2D eigenvalue weighted by Crippen LogP contribution is -2.41. The van der Waals surface area contributed by atoms with Gasteiger partial charge in [-0.25, -0.2) is 14.6 Å². The summed E-state index contributed by atoms with van der Waals surface area (Å²) in [6.07, 6.45) is -0.780. The summed E-state index contributed by atoms with van der Waals surface area (Å²) in [5, 5.41) is 21.7. The zero-order valence-corrected chi connectivity index (χ0v) is 20.6. The van der Waals surface area contributed by atoms with Crippen molar-refractivity contribution in [2.75, 3.05) is 19.8 Å². The first-order chi connectivity index (χ1) is 17.8.